The minimum atomic E-state index is -0.251. The van der Waals surface area contributed by atoms with Gasteiger partial charge in [0.1, 0.15) is 11.6 Å². The summed E-state index contributed by atoms with van der Waals surface area (Å²) in [4.78, 5) is 28.2. The number of nitrogens with one attached hydrogen (secondary N) is 1. The minimum Gasteiger partial charge on any atom is -0.455 e. The Balaban J connectivity index is 1.43. The monoisotopic (exact) mass is 501 g/mol. The molecule has 0 unspecified atom stereocenters. The number of rotatable bonds is 9. The Morgan fingerprint density at radius 3 is 2.47 bits per heavy atom. The average Bonchev–Trinajstić information content (AvgIpc) is 3.36. The third-order valence-corrected chi connectivity index (χ3v) is 6.42. The number of hydrogen-bond acceptors (Lipinski definition) is 7. The number of aromatic nitrogens is 3. The molecule has 0 fully saturated rings. The Hall–Kier alpha value is -3.65. The van der Waals surface area contributed by atoms with Crippen molar-refractivity contribution in [3.63, 3.8) is 0 Å². The standard InChI is InChI=1S/C28H31N5O2S/c1-28(2,3)24-16-25(33(4)18-21-8-6-5-7-9-21)32-27(31-24)36-19-22-10-11-23(35-22)26(34)30-17-20-12-14-29-15-13-20/h5-16H,17-19H2,1-4H3,(H,30,34). The highest BCUT2D eigenvalue weighted by Gasteiger charge is 2.20. The quantitative estimate of drug-likeness (QED) is 0.235. The van der Waals surface area contributed by atoms with Gasteiger partial charge in [0.05, 0.1) is 11.4 Å². The summed E-state index contributed by atoms with van der Waals surface area (Å²) < 4.78 is 5.80. The van der Waals surface area contributed by atoms with E-state index in [-0.39, 0.29) is 17.1 Å². The van der Waals surface area contributed by atoms with Gasteiger partial charge in [0.15, 0.2) is 10.9 Å². The molecule has 1 amide bonds. The summed E-state index contributed by atoms with van der Waals surface area (Å²) in [7, 11) is 2.04. The molecule has 186 valence electrons. The Labute approximate surface area is 216 Å². The van der Waals surface area contributed by atoms with Crippen molar-refractivity contribution in [1.82, 2.24) is 20.3 Å². The largest absolute Gasteiger partial charge is 0.455 e. The molecular formula is C28H31N5O2S. The van der Waals surface area contributed by atoms with Crippen molar-refractivity contribution in [2.45, 2.75) is 50.2 Å². The molecule has 0 atom stereocenters. The van der Waals surface area contributed by atoms with Crippen LogP contribution in [0, 0.1) is 0 Å². The van der Waals surface area contributed by atoms with Crippen LogP contribution < -0.4 is 10.2 Å². The lowest BCUT2D eigenvalue weighted by atomic mass is 9.92. The van der Waals surface area contributed by atoms with Crippen LogP contribution in [0.2, 0.25) is 0 Å². The molecule has 0 aliphatic rings. The van der Waals surface area contributed by atoms with Crippen LogP contribution in [-0.2, 0) is 24.3 Å². The third-order valence-electron chi connectivity index (χ3n) is 5.55. The zero-order valence-electron chi connectivity index (χ0n) is 21.1. The first kappa shape index (κ1) is 25.4. The van der Waals surface area contributed by atoms with Crippen molar-refractivity contribution in [3.05, 3.63) is 101 Å². The van der Waals surface area contributed by atoms with Gasteiger partial charge in [0.2, 0.25) is 0 Å². The Kier molecular flexibility index (Phi) is 8.05. The highest BCUT2D eigenvalue weighted by Crippen LogP contribution is 2.29. The normalized spacial score (nSPS) is 11.3. The number of anilines is 1. The van der Waals surface area contributed by atoms with E-state index in [4.69, 9.17) is 14.4 Å². The highest BCUT2D eigenvalue weighted by molar-refractivity contribution is 7.98. The summed E-state index contributed by atoms with van der Waals surface area (Å²) >= 11 is 1.50. The molecule has 3 heterocycles. The molecule has 0 bridgehead atoms. The van der Waals surface area contributed by atoms with Crippen LogP contribution >= 0.6 is 11.8 Å². The lowest BCUT2D eigenvalue weighted by molar-refractivity contribution is 0.0921. The van der Waals surface area contributed by atoms with Crippen molar-refractivity contribution in [2.75, 3.05) is 11.9 Å². The predicted molar refractivity (Wildman–Crippen MR) is 143 cm³/mol. The maximum absolute atomic E-state index is 12.5. The molecular weight excluding hydrogens is 470 g/mol. The number of pyridine rings is 1. The van der Waals surface area contributed by atoms with E-state index in [1.807, 2.05) is 43.4 Å². The van der Waals surface area contributed by atoms with Crippen LogP contribution in [0.5, 0.6) is 0 Å². The molecule has 0 aliphatic carbocycles. The summed E-state index contributed by atoms with van der Waals surface area (Å²) in [5, 5.41) is 3.55. The number of nitrogens with zero attached hydrogens (tertiary/aromatic N) is 4. The number of furan rings is 1. The molecule has 1 N–H and O–H groups in total. The highest BCUT2D eigenvalue weighted by atomic mass is 32.2. The summed E-state index contributed by atoms with van der Waals surface area (Å²) in [6.07, 6.45) is 3.40. The fraction of sp³-hybridized carbons (Fsp3) is 0.286. The smallest absolute Gasteiger partial charge is 0.287 e. The Bertz CT molecular complexity index is 1290. The van der Waals surface area contributed by atoms with Crippen molar-refractivity contribution >= 4 is 23.5 Å². The zero-order chi connectivity index (χ0) is 25.5. The van der Waals surface area contributed by atoms with Crippen molar-refractivity contribution in [2.24, 2.45) is 0 Å². The number of amides is 1. The van der Waals surface area contributed by atoms with Crippen molar-refractivity contribution < 1.29 is 9.21 Å². The summed E-state index contributed by atoms with van der Waals surface area (Å²) in [5.74, 6) is 2.12. The van der Waals surface area contributed by atoms with Gasteiger partial charge in [-0.1, -0.05) is 62.9 Å². The van der Waals surface area contributed by atoms with Gasteiger partial charge in [-0.15, -0.1) is 0 Å². The number of carbonyl (C=O) groups excluding carboxylic acids is 1. The van der Waals surface area contributed by atoms with Gasteiger partial charge in [0, 0.05) is 44.0 Å². The van der Waals surface area contributed by atoms with Crippen molar-refractivity contribution in [3.8, 4) is 0 Å². The van der Waals surface area contributed by atoms with E-state index in [1.54, 1.807) is 18.5 Å². The van der Waals surface area contributed by atoms with E-state index in [0.29, 0.717) is 23.2 Å². The van der Waals surface area contributed by atoms with E-state index in [0.717, 1.165) is 23.6 Å². The molecule has 0 saturated heterocycles. The van der Waals surface area contributed by atoms with Crippen molar-refractivity contribution in [1.29, 1.82) is 0 Å². The molecule has 8 heteroatoms. The van der Waals surface area contributed by atoms with E-state index >= 15 is 0 Å². The van der Waals surface area contributed by atoms with Crippen LogP contribution in [0.3, 0.4) is 0 Å². The molecule has 0 aliphatic heterocycles. The molecule has 0 saturated carbocycles. The lowest BCUT2D eigenvalue weighted by Gasteiger charge is -2.23. The fourth-order valence-corrected chi connectivity index (χ4v) is 4.23. The SMILES string of the molecule is CN(Cc1ccccc1)c1cc(C(C)(C)C)nc(SCc2ccc(C(=O)NCc3ccncc3)o2)n1. The second-order valence-corrected chi connectivity index (χ2v) is 10.5. The molecule has 0 spiro atoms. The summed E-state index contributed by atoms with van der Waals surface area (Å²) in [6.45, 7) is 7.61. The molecule has 4 aromatic rings. The van der Waals surface area contributed by atoms with Crippen LogP contribution in [0.15, 0.2) is 82.6 Å². The predicted octanol–water partition coefficient (Wildman–Crippen LogP) is 5.62. The van der Waals surface area contributed by atoms with Crippen LogP contribution in [0.4, 0.5) is 5.82 Å². The fourth-order valence-electron chi connectivity index (χ4n) is 3.48. The molecule has 1 aromatic carbocycles. The number of thioether (sulfide) groups is 1. The van der Waals surface area contributed by atoms with Gasteiger partial charge in [0.25, 0.3) is 5.91 Å². The van der Waals surface area contributed by atoms with Gasteiger partial charge >= 0.3 is 0 Å². The molecule has 36 heavy (non-hydrogen) atoms. The van der Waals surface area contributed by atoms with Gasteiger partial charge in [-0.05, 0) is 35.4 Å². The van der Waals surface area contributed by atoms with E-state index in [1.165, 1.54) is 17.3 Å². The average molecular weight is 502 g/mol. The second kappa shape index (κ2) is 11.4. The van der Waals surface area contributed by atoms with E-state index in [9.17, 15) is 4.79 Å². The molecule has 0 radical (unpaired) electrons. The maximum Gasteiger partial charge on any atom is 0.287 e. The first-order valence-electron chi connectivity index (χ1n) is 11.8. The minimum absolute atomic E-state index is 0.120. The van der Waals surface area contributed by atoms with Gasteiger partial charge in [-0.3, -0.25) is 9.78 Å². The Morgan fingerprint density at radius 2 is 1.75 bits per heavy atom. The second-order valence-electron chi connectivity index (χ2n) is 9.58. The van der Waals surface area contributed by atoms with Gasteiger partial charge < -0.3 is 14.6 Å². The third kappa shape index (κ3) is 6.95. The number of hydrogen-bond donors (Lipinski definition) is 1. The Morgan fingerprint density at radius 1 is 1.00 bits per heavy atom. The molecule has 4 rings (SSSR count). The van der Waals surface area contributed by atoms with E-state index in [2.05, 4.69) is 54.2 Å². The zero-order valence-corrected chi connectivity index (χ0v) is 21.9. The van der Waals surface area contributed by atoms with Crippen LogP contribution in [0.1, 0.15) is 53.9 Å². The molecule has 7 nitrogen and oxygen atoms in total. The summed E-state index contributed by atoms with van der Waals surface area (Å²) in [5.41, 5.74) is 3.05. The van der Waals surface area contributed by atoms with Crippen LogP contribution in [0.25, 0.3) is 0 Å². The first-order chi connectivity index (χ1) is 17.3. The van der Waals surface area contributed by atoms with Gasteiger partial charge in [-0.2, -0.15) is 0 Å². The molecule has 3 aromatic heterocycles. The first-order valence-corrected chi connectivity index (χ1v) is 12.8. The number of carbonyl (C=O) groups is 1. The topological polar surface area (TPSA) is 84.2 Å². The van der Waals surface area contributed by atoms with E-state index < -0.39 is 0 Å². The summed E-state index contributed by atoms with van der Waals surface area (Å²) in [6, 6.07) is 19.6. The maximum atomic E-state index is 12.5. The van der Waals surface area contributed by atoms with Gasteiger partial charge in [-0.25, -0.2) is 9.97 Å². The lowest BCUT2D eigenvalue weighted by Crippen LogP contribution is -2.22. The number of benzene rings is 1. The van der Waals surface area contributed by atoms with Crippen LogP contribution in [-0.4, -0.2) is 27.9 Å².